The summed E-state index contributed by atoms with van der Waals surface area (Å²) in [5.41, 5.74) is 2.23. The third-order valence-electron chi connectivity index (χ3n) is 5.04. The first-order valence-corrected chi connectivity index (χ1v) is 8.19. The Labute approximate surface area is 131 Å². The molecular formula is C18H24N2O2. The fourth-order valence-electron chi connectivity index (χ4n) is 3.70. The van der Waals surface area contributed by atoms with Crippen molar-refractivity contribution >= 4 is 11.8 Å². The summed E-state index contributed by atoms with van der Waals surface area (Å²) in [6.45, 7) is 2.04. The maximum Gasteiger partial charge on any atom is 0.226 e. The van der Waals surface area contributed by atoms with E-state index in [2.05, 4.69) is 5.32 Å². The Morgan fingerprint density at radius 3 is 2.45 bits per heavy atom. The minimum atomic E-state index is -0.277. The molecule has 1 aliphatic carbocycles. The highest BCUT2D eigenvalue weighted by Crippen LogP contribution is 2.37. The second-order valence-corrected chi connectivity index (χ2v) is 6.66. The fourth-order valence-corrected chi connectivity index (χ4v) is 3.70. The highest BCUT2D eigenvalue weighted by molar-refractivity contribution is 5.90. The van der Waals surface area contributed by atoms with Gasteiger partial charge in [-0.15, -0.1) is 0 Å². The number of aryl methyl sites for hydroxylation is 1. The first-order valence-electron chi connectivity index (χ1n) is 8.19. The minimum Gasteiger partial charge on any atom is -0.353 e. The van der Waals surface area contributed by atoms with Gasteiger partial charge in [-0.05, 0) is 25.3 Å². The SMILES string of the molecule is Cc1ccc([C@@H]2[C@H](C(=O)NC3CCCC3)CC(=O)N2C)cc1. The molecule has 3 rings (SSSR count). The van der Waals surface area contributed by atoms with E-state index < -0.39 is 0 Å². The molecule has 2 amide bonds. The number of rotatable bonds is 3. The van der Waals surface area contributed by atoms with Gasteiger partial charge in [-0.3, -0.25) is 9.59 Å². The van der Waals surface area contributed by atoms with Gasteiger partial charge in [-0.2, -0.15) is 0 Å². The molecule has 0 radical (unpaired) electrons. The predicted octanol–water partition coefficient (Wildman–Crippen LogP) is 2.57. The van der Waals surface area contributed by atoms with Crippen LogP contribution in [0, 0.1) is 12.8 Å². The maximum absolute atomic E-state index is 12.7. The summed E-state index contributed by atoms with van der Waals surface area (Å²) >= 11 is 0. The van der Waals surface area contributed by atoms with Crippen molar-refractivity contribution in [3.8, 4) is 0 Å². The summed E-state index contributed by atoms with van der Waals surface area (Å²) in [6.07, 6.45) is 4.83. The van der Waals surface area contributed by atoms with Crippen LogP contribution in [0.2, 0.25) is 0 Å². The molecular weight excluding hydrogens is 276 g/mol. The molecule has 1 saturated heterocycles. The minimum absolute atomic E-state index is 0.0372. The zero-order valence-corrected chi connectivity index (χ0v) is 13.3. The molecule has 22 heavy (non-hydrogen) atoms. The van der Waals surface area contributed by atoms with Gasteiger partial charge >= 0.3 is 0 Å². The monoisotopic (exact) mass is 300 g/mol. The summed E-state index contributed by atoms with van der Waals surface area (Å²) in [6, 6.07) is 8.30. The van der Waals surface area contributed by atoms with Crippen molar-refractivity contribution in [2.24, 2.45) is 5.92 Å². The molecule has 4 nitrogen and oxygen atoms in total. The van der Waals surface area contributed by atoms with Gasteiger partial charge < -0.3 is 10.2 Å². The molecule has 0 spiro atoms. The van der Waals surface area contributed by atoms with Crippen LogP contribution in [0.25, 0.3) is 0 Å². The molecule has 2 aliphatic rings. The van der Waals surface area contributed by atoms with Crippen LogP contribution < -0.4 is 5.32 Å². The van der Waals surface area contributed by atoms with E-state index in [-0.39, 0.29) is 23.8 Å². The summed E-state index contributed by atoms with van der Waals surface area (Å²) in [5, 5.41) is 3.16. The smallest absolute Gasteiger partial charge is 0.226 e. The van der Waals surface area contributed by atoms with E-state index in [4.69, 9.17) is 0 Å². The Kier molecular flexibility index (Phi) is 4.19. The van der Waals surface area contributed by atoms with Crippen molar-refractivity contribution in [3.63, 3.8) is 0 Å². The highest BCUT2D eigenvalue weighted by atomic mass is 16.2. The van der Waals surface area contributed by atoms with Crippen molar-refractivity contribution in [2.45, 2.75) is 51.1 Å². The molecule has 2 fully saturated rings. The molecule has 0 bridgehead atoms. The Hall–Kier alpha value is -1.84. The third kappa shape index (κ3) is 2.87. The van der Waals surface area contributed by atoms with E-state index in [1.807, 2.05) is 31.2 Å². The molecule has 2 atom stereocenters. The molecule has 1 aromatic carbocycles. The lowest BCUT2D eigenvalue weighted by atomic mass is 9.92. The quantitative estimate of drug-likeness (QED) is 0.932. The van der Waals surface area contributed by atoms with Crippen molar-refractivity contribution in [3.05, 3.63) is 35.4 Å². The molecule has 1 saturated carbocycles. The van der Waals surface area contributed by atoms with Crippen LogP contribution in [-0.4, -0.2) is 29.8 Å². The van der Waals surface area contributed by atoms with E-state index in [0.717, 1.165) is 18.4 Å². The van der Waals surface area contributed by atoms with Crippen LogP contribution in [0.15, 0.2) is 24.3 Å². The number of benzene rings is 1. The van der Waals surface area contributed by atoms with Crippen molar-refractivity contribution < 1.29 is 9.59 Å². The molecule has 4 heteroatoms. The highest BCUT2D eigenvalue weighted by Gasteiger charge is 2.43. The van der Waals surface area contributed by atoms with E-state index in [0.29, 0.717) is 12.5 Å². The van der Waals surface area contributed by atoms with Gasteiger partial charge in [0.2, 0.25) is 11.8 Å². The number of carbonyl (C=O) groups excluding carboxylic acids is 2. The van der Waals surface area contributed by atoms with E-state index in [1.165, 1.54) is 18.4 Å². The Morgan fingerprint density at radius 1 is 1.18 bits per heavy atom. The molecule has 1 heterocycles. The average molecular weight is 300 g/mol. The van der Waals surface area contributed by atoms with Crippen LogP contribution in [-0.2, 0) is 9.59 Å². The topological polar surface area (TPSA) is 49.4 Å². The Bertz CT molecular complexity index is 561. The largest absolute Gasteiger partial charge is 0.353 e. The van der Waals surface area contributed by atoms with Gasteiger partial charge in [0.05, 0.1) is 12.0 Å². The zero-order valence-electron chi connectivity index (χ0n) is 13.3. The number of nitrogens with zero attached hydrogens (tertiary/aromatic N) is 1. The lowest BCUT2D eigenvalue weighted by molar-refractivity contribution is -0.128. The zero-order chi connectivity index (χ0) is 15.7. The molecule has 1 aliphatic heterocycles. The van der Waals surface area contributed by atoms with Gasteiger partial charge in [-0.25, -0.2) is 0 Å². The number of hydrogen-bond donors (Lipinski definition) is 1. The third-order valence-corrected chi connectivity index (χ3v) is 5.04. The van der Waals surface area contributed by atoms with Crippen molar-refractivity contribution in [1.82, 2.24) is 10.2 Å². The number of hydrogen-bond acceptors (Lipinski definition) is 2. The molecule has 0 aromatic heterocycles. The summed E-state index contributed by atoms with van der Waals surface area (Å²) in [7, 11) is 1.80. The lowest BCUT2D eigenvalue weighted by Gasteiger charge is -2.26. The summed E-state index contributed by atoms with van der Waals surface area (Å²) in [5.74, 6) is -0.187. The number of nitrogens with one attached hydrogen (secondary N) is 1. The molecule has 1 aromatic rings. The average Bonchev–Trinajstić information content (AvgIpc) is 3.10. The van der Waals surface area contributed by atoms with Crippen molar-refractivity contribution in [1.29, 1.82) is 0 Å². The van der Waals surface area contributed by atoms with Crippen LogP contribution in [0.5, 0.6) is 0 Å². The van der Waals surface area contributed by atoms with Crippen LogP contribution >= 0.6 is 0 Å². The van der Waals surface area contributed by atoms with Gasteiger partial charge in [0, 0.05) is 19.5 Å². The van der Waals surface area contributed by atoms with Crippen LogP contribution in [0.1, 0.15) is 49.3 Å². The van der Waals surface area contributed by atoms with E-state index in [9.17, 15) is 9.59 Å². The summed E-state index contributed by atoms with van der Waals surface area (Å²) in [4.78, 5) is 26.5. The Balaban J connectivity index is 1.79. The van der Waals surface area contributed by atoms with Crippen LogP contribution in [0.3, 0.4) is 0 Å². The van der Waals surface area contributed by atoms with Gasteiger partial charge in [0.15, 0.2) is 0 Å². The van der Waals surface area contributed by atoms with Crippen molar-refractivity contribution in [2.75, 3.05) is 7.05 Å². The standard InChI is InChI=1S/C18H24N2O2/c1-12-7-9-13(10-8-12)17-15(11-16(21)20(17)2)18(22)19-14-5-3-4-6-14/h7-10,14-15,17H,3-6,11H2,1-2H3,(H,19,22)/t15-,17-/m1/s1. The molecule has 1 N–H and O–H groups in total. The van der Waals surface area contributed by atoms with Gasteiger partial charge in [-0.1, -0.05) is 42.7 Å². The first kappa shape index (κ1) is 15.1. The molecule has 118 valence electrons. The maximum atomic E-state index is 12.7. The second kappa shape index (κ2) is 6.11. The molecule has 0 unspecified atom stereocenters. The predicted molar refractivity (Wildman–Crippen MR) is 85.2 cm³/mol. The Morgan fingerprint density at radius 2 is 1.82 bits per heavy atom. The first-order chi connectivity index (χ1) is 10.6. The normalized spacial score (nSPS) is 25.7. The second-order valence-electron chi connectivity index (χ2n) is 6.66. The summed E-state index contributed by atoms with van der Waals surface area (Å²) < 4.78 is 0. The number of carbonyl (C=O) groups is 2. The number of amides is 2. The fraction of sp³-hybridized carbons (Fsp3) is 0.556. The van der Waals surface area contributed by atoms with E-state index in [1.54, 1.807) is 11.9 Å². The number of likely N-dealkylation sites (tertiary alicyclic amines) is 1. The van der Waals surface area contributed by atoms with Gasteiger partial charge in [0.25, 0.3) is 0 Å². The van der Waals surface area contributed by atoms with E-state index >= 15 is 0 Å². The lowest BCUT2D eigenvalue weighted by Crippen LogP contribution is -2.39. The van der Waals surface area contributed by atoms with Gasteiger partial charge in [0.1, 0.15) is 0 Å². The van der Waals surface area contributed by atoms with Crippen LogP contribution in [0.4, 0.5) is 0 Å².